The second kappa shape index (κ2) is 13.4. The number of nitrogens with one attached hydrogen (secondary N) is 1. The quantitative estimate of drug-likeness (QED) is 0.250. The molecule has 0 unspecified atom stereocenters. The van der Waals surface area contributed by atoms with Gasteiger partial charge in [-0.3, -0.25) is 0 Å². The number of hydrogen-bond donors (Lipinski definition) is 2. The van der Waals surface area contributed by atoms with E-state index in [1.807, 2.05) is 60.7 Å². The van der Waals surface area contributed by atoms with Gasteiger partial charge in [-0.25, -0.2) is 0 Å². The normalized spacial score (nSPS) is 20.5. The van der Waals surface area contributed by atoms with Gasteiger partial charge in [0.15, 0.2) is 0 Å². The summed E-state index contributed by atoms with van der Waals surface area (Å²) < 4.78 is 86.3. The molecule has 1 atom stereocenters. The van der Waals surface area contributed by atoms with Gasteiger partial charge in [0.05, 0.1) is 24.3 Å². The lowest BCUT2D eigenvalue weighted by Crippen LogP contribution is -2.42. The first-order valence-electron chi connectivity index (χ1n) is 12.8. The zero-order valence-corrected chi connectivity index (χ0v) is 22.5. The van der Waals surface area contributed by atoms with E-state index in [9.17, 15) is 31.4 Å². The summed E-state index contributed by atoms with van der Waals surface area (Å²) in [6.07, 6.45) is -8.26. The van der Waals surface area contributed by atoms with Gasteiger partial charge >= 0.3 is 12.4 Å². The van der Waals surface area contributed by atoms with Gasteiger partial charge in [-0.05, 0) is 60.6 Å². The Bertz CT molecular complexity index is 1160. The number of ether oxygens (including phenoxy) is 1. The molecule has 1 aliphatic carbocycles. The van der Waals surface area contributed by atoms with E-state index in [1.54, 1.807) is 0 Å². The molecule has 1 fully saturated rings. The van der Waals surface area contributed by atoms with Crippen molar-refractivity contribution in [3.63, 3.8) is 0 Å². The molecule has 40 heavy (non-hydrogen) atoms. The third kappa shape index (κ3) is 8.00. The Kier molecular flexibility index (Phi) is 10.7. The first kappa shape index (κ1) is 31.9. The Morgan fingerprint density at radius 1 is 0.825 bits per heavy atom. The van der Waals surface area contributed by atoms with Crippen molar-refractivity contribution in [2.75, 3.05) is 13.2 Å². The number of benzene rings is 3. The Morgan fingerprint density at radius 3 is 1.85 bits per heavy atom. The molecule has 0 aliphatic heterocycles. The summed E-state index contributed by atoms with van der Waals surface area (Å²) in [5.41, 5.74) is -1.56. The highest BCUT2D eigenvalue weighted by atomic mass is 35.5. The first-order chi connectivity index (χ1) is 18.5. The molecule has 0 aromatic heterocycles. The van der Waals surface area contributed by atoms with Crippen LogP contribution in [0.2, 0.25) is 0 Å². The smallest absolute Gasteiger partial charge is 0.393 e. The van der Waals surface area contributed by atoms with Crippen molar-refractivity contribution < 1.29 is 36.2 Å². The number of hydrogen-bond acceptors (Lipinski definition) is 3. The van der Waals surface area contributed by atoms with Crippen LogP contribution < -0.4 is 5.32 Å². The topological polar surface area (TPSA) is 41.5 Å². The molecule has 0 spiro atoms. The van der Waals surface area contributed by atoms with Crippen LogP contribution in [0.15, 0.2) is 78.9 Å². The van der Waals surface area contributed by atoms with Crippen LogP contribution in [0.5, 0.6) is 0 Å². The van der Waals surface area contributed by atoms with Crippen LogP contribution in [0.25, 0.3) is 0 Å². The predicted molar refractivity (Wildman–Crippen MR) is 143 cm³/mol. The van der Waals surface area contributed by atoms with Crippen LogP contribution in [-0.4, -0.2) is 24.4 Å². The van der Waals surface area contributed by atoms with Crippen molar-refractivity contribution in [1.29, 1.82) is 0 Å². The Hall–Kier alpha value is -2.59. The van der Waals surface area contributed by atoms with Crippen LogP contribution in [0.1, 0.15) is 59.6 Å². The fraction of sp³-hybridized carbons (Fsp3) is 0.400. The molecule has 0 bridgehead atoms. The van der Waals surface area contributed by atoms with Crippen molar-refractivity contribution in [2.24, 2.45) is 0 Å². The van der Waals surface area contributed by atoms with Gasteiger partial charge in [0.25, 0.3) is 0 Å². The molecular formula is C30H32ClF6NO2. The number of aliphatic hydroxyl groups excluding tert-OH is 1. The third-order valence-electron chi connectivity index (χ3n) is 7.47. The van der Waals surface area contributed by atoms with E-state index in [4.69, 9.17) is 4.74 Å². The monoisotopic (exact) mass is 587 g/mol. The lowest BCUT2D eigenvalue weighted by atomic mass is 9.68. The van der Waals surface area contributed by atoms with E-state index >= 15 is 0 Å². The van der Waals surface area contributed by atoms with E-state index in [0.717, 1.165) is 24.9 Å². The molecule has 3 aromatic carbocycles. The van der Waals surface area contributed by atoms with Gasteiger partial charge in [-0.1, -0.05) is 60.7 Å². The number of rotatable bonds is 9. The molecule has 0 heterocycles. The predicted octanol–water partition coefficient (Wildman–Crippen LogP) is 7.87. The van der Waals surface area contributed by atoms with E-state index in [0.29, 0.717) is 25.0 Å². The number of alkyl halides is 6. The molecule has 4 rings (SSSR count). The maximum Gasteiger partial charge on any atom is 0.416 e. The van der Waals surface area contributed by atoms with Gasteiger partial charge in [0, 0.05) is 18.0 Å². The summed E-state index contributed by atoms with van der Waals surface area (Å²) in [4.78, 5) is 0. The Balaban J connectivity index is 0.00000441. The zero-order valence-electron chi connectivity index (χ0n) is 21.6. The summed E-state index contributed by atoms with van der Waals surface area (Å²) in [6.45, 7) is 0.0139. The van der Waals surface area contributed by atoms with Gasteiger partial charge < -0.3 is 15.2 Å². The molecule has 2 N–H and O–H groups in total. The van der Waals surface area contributed by atoms with Crippen molar-refractivity contribution in [3.05, 3.63) is 107 Å². The highest BCUT2D eigenvalue weighted by Crippen LogP contribution is 2.42. The van der Waals surface area contributed by atoms with Crippen LogP contribution in [0, 0.1) is 0 Å². The van der Waals surface area contributed by atoms with Crippen LogP contribution >= 0.6 is 12.4 Å². The Labute approximate surface area is 236 Å². The van der Waals surface area contributed by atoms with E-state index in [2.05, 4.69) is 5.32 Å². The van der Waals surface area contributed by atoms with Gasteiger partial charge in [-0.15, -0.1) is 12.4 Å². The van der Waals surface area contributed by atoms with Gasteiger partial charge in [0.2, 0.25) is 0 Å². The first-order valence-corrected chi connectivity index (χ1v) is 12.8. The standard InChI is InChI=1S/C30H31F6NO2.ClH/c31-29(32,33)24-15-22(16-25(17-24)30(34,35)36)27(19-38)39-20-28(23-9-5-2-6-10-23)13-11-26(12-14-28)37-18-21-7-3-1-4-8-21;/h1-10,15-17,26-27,37-38H,11-14,18-20H2;1H/t26?,27-,28?;/m1./s1. The molecule has 0 radical (unpaired) electrons. The average Bonchev–Trinajstić information content (AvgIpc) is 2.93. The average molecular weight is 588 g/mol. The van der Waals surface area contributed by atoms with E-state index in [-0.39, 0.29) is 36.7 Å². The molecule has 0 amide bonds. The molecule has 218 valence electrons. The summed E-state index contributed by atoms with van der Waals surface area (Å²) in [5, 5.41) is 13.5. The van der Waals surface area contributed by atoms with Crippen LogP contribution in [0.3, 0.4) is 0 Å². The van der Waals surface area contributed by atoms with Gasteiger partial charge in [-0.2, -0.15) is 26.3 Å². The maximum atomic E-state index is 13.4. The molecule has 1 aliphatic rings. The van der Waals surface area contributed by atoms with Crippen LogP contribution in [0.4, 0.5) is 26.3 Å². The molecule has 3 nitrogen and oxygen atoms in total. The number of halogens is 7. The van der Waals surface area contributed by atoms with Crippen LogP contribution in [-0.2, 0) is 29.0 Å². The fourth-order valence-corrected chi connectivity index (χ4v) is 5.22. The largest absolute Gasteiger partial charge is 0.416 e. The highest BCUT2D eigenvalue weighted by Gasteiger charge is 2.40. The van der Waals surface area contributed by atoms with Gasteiger partial charge in [0.1, 0.15) is 6.10 Å². The zero-order chi connectivity index (χ0) is 28.1. The minimum absolute atomic E-state index is 0. The van der Waals surface area contributed by atoms with Crippen molar-refractivity contribution in [2.45, 2.75) is 62.1 Å². The molecule has 3 aromatic rings. The lowest BCUT2D eigenvalue weighted by Gasteiger charge is -2.41. The molecule has 0 saturated heterocycles. The summed E-state index contributed by atoms with van der Waals surface area (Å²) in [6, 6.07) is 21.2. The minimum Gasteiger partial charge on any atom is -0.393 e. The third-order valence-corrected chi connectivity index (χ3v) is 7.47. The summed E-state index contributed by atoms with van der Waals surface area (Å²) in [5.74, 6) is 0. The highest BCUT2D eigenvalue weighted by molar-refractivity contribution is 5.85. The van der Waals surface area contributed by atoms with Crippen molar-refractivity contribution in [1.82, 2.24) is 5.32 Å². The van der Waals surface area contributed by atoms with Crippen molar-refractivity contribution >= 4 is 12.4 Å². The van der Waals surface area contributed by atoms with E-state index in [1.165, 1.54) is 5.56 Å². The number of aliphatic hydroxyl groups is 1. The fourth-order valence-electron chi connectivity index (χ4n) is 5.22. The lowest BCUT2D eigenvalue weighted by molar-refractivity contribution is -0.143. The molecular weight excluding hydrogens is 556 g/mol. The Morgan fingerprint density at radius 2 is 1.35 bits per heavy atom. The molecule has 1 saturated carbocycles. The van der Waals surface area contributed by atoms with E-state index < -0.39 is 41.6 Å². The SMILES string of the molecule is Cl.OC[C@@H](OCC1(c2ccccc2)CCC(NCc2ccccc2)CC1)c1cc(C(F)(F)F)cc(C(F)(F)F)c1. The summed E-state index contributed by atoms with van der Waals surface area (Å²) in [7, 11) is 0. The minimum atomic E-state index is -4.98. The summed E-state index contributed by atoms with van der Waals surface area (Å²) >= 11 is 0. The second-order valence-corrected chi connectivity index (χ2v) is 10.1. The molecule has 10 heteroatoms. The second-order valence-electron chi connectivity index (χ2n) is 10.1. The maximum absolute atomic E-state index is 13.4. The van der Waals surface area contributed by atoms with Crippen molar-refractivity contribution in [3.8, 4) is 0 Å².